The molecule has 0 aliphatic rings. The molecule has 9 nitrogen and oxygen atoms in total. The van der Waals surface area contributed by atoms with Crippen molar-refractivity contribution in [2.24, 2.45) is 7.05 Å². The molecule has 2 heterocycles. The minimum atomic E-state index is -0.738. The highest BCUT2D eigenvalue weighted by atomic mass is 79.9. The van der Waals surface area contributed by atoms with Gasteiger partial charge < -0.3 is 5.32 Å². The fraction of sp³-hybridized carbons (Fsp3) is 0.188. The lowest BCUT2D eigenvalue weighted by atomic mass is 10.2. The van der Waals surface area contributed by atoms with Crippen LogP contribution in [0.1, 0.15) is 21.7 Å². The Hall–Kier alpha value is -3.08. The molecule has 0 spiro atoms. The number of nitrogens with one attached hydrogen (secondary N) is 1. The second-order valence-electron chi connectivity index (χ2n) is 5.77. The van der Waals surface area contributed by atoms with Crippen LogP contribution in [0.4, 0.5) is 15.9 Å². The fourth-order valence-electron chi connectivity index (χ4n) is 2.47. The standard InChI is InChI=1S/C16H14BrFN6O3/c1-9-14(24(26)27)13(20-22(9)2)16(25)19-15-12(17)8-23(21-15)7-10-3-5-11(18)6-4-10/h3-6,8H,7H2,1-2H3,(H,19,21,25). The highest BCUT2D eigenvalue weighted by Crippen LogP contribution is 2.25. The van der Waals surface area contributed by atoms with Gasteiger partial charge in [-0.1, -0.05) is 12.1 Å². The van der Waals surface area contributed by atoms with Crippen LogP contribution in [0, 0.1) is 22.9 Å². The first-order valence-corrected chi connectivity index (χ1v) is 8.52. The first kappa shape index (κ1) is 18.7. The van der Waals surface area contributed by atoms with Gasteiger partial charge in [-0.15, -0.1) is 0 Å². The van der Waals surface area contributed by atoms with Crippen LogP contribution in [0.3, 0.4) is 0 Å². The van der Waals surface area contributed by atoms with E-state index < -0.39 is 10.8 Å². The molecule has 1 amide bonds. The van der Waals surface area contributed by atoms with Crippen molar-refractivity contribution in [1.29, 1.82) is 0 Å². The molecule has 27 heavy (non-hydrogen) atoms. The molecular weight excluding hydrogens is 423 g/mol. The fourth-order valence-corrected chi connectivity index (χ4v) is 2.89. The van der Waals surface area contributed by atoms with Gasteiger partial charge in [0, 0.05) is 13.2 Å². The van der Waals surface area contributed by atoms with Gasteiger partial charge in [-0.05, 0) is 40.5 Å². The third kappa shape index (κ3) is 3.87. The molecule has 3 rings (SSSR count). The smallest absolute Gasteiger partial charge is 0.302 e. The monoisotopic (exact) mass is 436 g/mol. The number of aromatic nitrogens is 4. The summed E-state index contributed by atoms with van der Waals surface area (Å²) in [6.07, 6.45) is 1.64. The van der Waals surface area contributed by atoms with E-state index in [0.717, 1.165) is 5.56 Å². The molecule has 1 N–H and O–H groups in total. The van der Waals surface area contributed by atoms with Crippen LogP contribution in [0.25, 0.3) is 0 Å². The minimum Gasteiger partial charge on any atom is -0.302 e. The number of halogens is 2. The lowest BCUT2D eigenvalue weighted by molar-refractivity contribution is -0.385. The molecular formula is C16H14BrFN6O3. The van der Waals surface area contributed by atoms with Crippen molar-refractivity contribution >= 4 is 33.3 Å². The van der Waals surface area contributed by atoms with Crippen molar-refractivity contribution in [3.63, 3.8) is 0 Å². The maximum Gasteiger partial charge on any atom is 0.322 e. The normalized spacial score (nSPS) is 10.8. The molecule has 3 aromatic rings. The lowest BCUT2D eigenvalue weighted by Gasteiger charge is -2.02. The number of aryl methyl sites for hydroxylation is 1. The van der Waals surface area contributed by atoms with Crippen molar-refractivity contribution in [1.82, 2.24) is 19.6 Å². The Bertz CT molecular complexity index is 1030. The summed E-state index contributed by atoms with van der Waals surface area (Å²) in [5.74, 6) is -0.876. The van der Waals surface area contributed by atoms with Gasteiger partial charge in [0.25, 0.3) is 5.91 Å². The van der Waals surface area contributed by atoms with Gasteiger partial charge in [0.1, 0.15) is 11.5 Å². The third-order valence-electron chi connectivity index (χ3n) is 3.91. The number of rotatable bonds is 5. The molecule has 0 atom stereocenters. The third-order valence-corrected chi connectivity index (χ3v) is 4.49. The second-order valence-corrected chi connectivity index (χ2v) is 6.62. The van der Waals surface area contributed by atoms with Crippen molar-refractivity contribution in [3.05, 3.63) is 67.8 Å². The highest BCUT2D eigenvalue weighted by Gasteiger charge is 2.29. The summed E-state index contributed by atoms with van der Waals surface area (Å²) in [4.78, 5) is 23.0. The molecule has 0 radical (unpaired) electrons. The van der Waals surface area contributed by atoms with E-state index in [0.29, 0.717) is 11.0 Å². The van der Waals surface area contributed by atoms with E-state index in [1.165, 1.54) is 30.8 Å². The largest absolute Gasteiger partial charge is 0.322 e. The Labute approximate surface area is 161 Å². The first-order chi connectivity index (χ1) is 12.8. The van der Waals surface area contributed by atoms with Crippen molar-refractivity contribution < 1.29 is 14.1 Å². The number of nitrogens with zero attached hydrogens (tertiary/aromatic N) is 5. The van der Waals surface area contributed by atoms with Gasteiger partial charge in [-0.3, -0.25) is 24.3 Å². The molecule has 0 saturated carbocycles. The maximum absolute atomic E-state index is 13.0. The Kier molecular flexibility index (Phi) is 5.04. The SMILES string of the molecule is Cc1c([N+](=O)[O-])c(C(=O)Nc2nn(Cc3ccc(F)cc3)cc2Br)nn1C. The summed E-state index contributed by atoms with van der Waals surface area (Å²) in [5, 5.41) is 21.9. The molecule has 0 unspecified atom stereocenters. The van der Waals surface area contributed by atoms with Gasteiger partial charge in [0.15, 0.2) is 5.82 Å². The molecule has 0 saturated heterocycles. The molecule has 0 aliphatic carbocycles. The molecule has 11 heteroatoms. The van der Waals surface area contributed by atoms with Crippen molar-refractivity contribution in [2.75, 3.05) is 5.32 Å². The quantitative estimate of drug-likeness (QED) is 0.488. The zero-order valence-corrected chi connectivity index (χ0v) is 15.9. The number of carbonyl (C=O) groups is 1. The summed E-state index contributed by atoms with van der Waals surface area (Å²) in [6, 6.07) is 5.95. The number of hydrogen-bond donors (Lipinski definition) is 1. The molecule has 0 fully saturated rings. The van der Waals surface area contributed by atoms with Crippen LogP contribution in [0.15, 0.2) is 34.9 Å². The Morgan fingerprint density at radius 2 is 2.00 bits per heavy atom. The molecule has 1 aromatic carbocycles. The summed E-state index contributed by atoms with van der Waals surface area (Å²) in [6.45, 7) is 1.87. The predicted octanol–water partition coefficient (Wildman–Crippen LogP) is 3.04. The van der Waals surface area contributed by atoms with Crippen molar-refractivity contribution in [2.45, 2.75) is 13.5 Å². The number of benzene rings is 1. The average molecular weight is 437 g/mol. The predicted molar refractivity (Wildman–Crippen MR) is 98.0 cm³/mol. The van der Waals surface area contributed by atoms with E-state index in [2.05, 4.69) is 31.4 Å². The zero-order valence-electron chi connectivity index (χ0n) is 14.3. The number of anilines is 1. The Balaban J connectivity index is 1.81. The Morgan fingerprint density at radius 1 is 1.33 bits per heavy atom. The molecule has 2 aromatic heterocycles. The van der Waals surface area contributed by atoms with E-state index in [1.54, 1.807) is 23.0 Å². The van der Waals surface area contributed by atoms with Gasteiger partial charge in [0.2, 0.25) is 5.69 Å². The van der Waals surface area contributed by atoms with Crippen LogP contribution >= 0.6 is 15.9 Å². The summed E-state index contributed by atoms with van der Waals surface area (Å²) >= 11 is 3.29. The molecule has 0 bridgehead atoms. The second kappa shape index (κ2) is 7.27. The molecule has 0 aliphatic heterocycles. The van der Waals surface area contributed by atoms with Gasteiger partial charge in [-0.25, -0.2) is 4.39 Å². The van der Waals surface area contributed by atoms with E-state index in [9.17, 15) is 19.3 Å². The molecule has 140 valence electrons. The minimum absolute atomic E-state index is 0.194. The van der Waals surface area contributed by atoms with Crippen LogP contribution < -0.4 is 5.32 Å². The number of amides is 1. The van der Waals surface area contributed by atoms with Crippen LogP contribution in [-0.4, -0.2) is 30.4 Å². The van der Waals surface area contributed by atoms with Gasteiger partial charge in [0.05, 0.1) is 15.9 Å². The van der Waals surface area contributed by atoms with Gasteiger partial charge in [-0.2, -0.15) is 10.2 Å². The summed E-state index contributed by atoms with van der Waals surface area (Å²) in [5.41, 5.74) is 0.447. The number of hydrogen-bond acceptors (Lipinski definition) is 5. The zero-order chi connectivity index (χ0) is 19.7. The van der Waals surface area contributed by atoms with E-state index in [4.69, 9.17) is 0 Å². The first-order valence-electron chi connectivity index (χ1n) is 7.73. The van der Waals surface area contributed by atoms with Crippen LogP contribution in [0.2, 0.25) is 0 Å². The van der Waals surface area contributed by atoms with Gasteiger partial charge >= 0.3 is 5.69 Å². The van der Waals surface area contributed by atoms with E-state index >= 15 is 0 Å². The average Bonchev–Trinajstić information content (AvgIpc) is 3.09. The van der Waals surface area contributed by atoms with Crippen molar-refractivity contribution in [3.8, 4) is 0 Å². The number of carbonyl (C=O) groups excluding carboxylic acids is 1. The lowest BCUT2D eigenvalue weighted by Crippen LogP contribution is -2.15. The van der Waals surface area contributed by atoms with E-state index in [1.807, 2.05) is 0 Å². The van der Waals surface area contributed by atoms with Crippen LogP contribution in [-0.2, 0) is 13.6 Å². The van der Waals surface area contributed by atoms with E-state index in [-0.39, 0.29) is 28.7 Å². The topological polar surface area (TPSA) is 108 Å². The maximum atomic E-state index is 13.0. The summed E-state index contributed by atoms with van der Waals surface area (Å²) < 4.78 is 16.3. The summed E-state index contributed by atoms with van der Waals surface area (Å²) in [7, 11) is 1.52. The number of nitro groups is 1. The highest BCUT2D eigenvalue weighted by molar-refractivity contribution is 9.10. The Morgan fingerprint density at radius 3 is 2.63 bits per heavy atom. The van der Waals surface area contributed by atoms with Crippen LogP contribution in [0.5, 0.6) is 0 Å².